The van der Waals surface area contributed by atoms with Crippen molar-refractivity contribution in [3.63, 3.8) is 0 Å². The number of aliphatic hydroxyl groups excluding tert-OH is 1. The third-order valence-corrected chi connectivity index (χ3v) is 4.77. The first-order valence-electron chi connectivity index (χ1n) is 6.35. The van der Waals surface area contributed by atoms with Gasteiger partial charge in [-0.25, -0.2) is 4.98 Å². The molecule has 90 valence electrons. The van der Waals surface area contributed by atoms with E-state index < -0.39 is 0 Å². The molecule has 1 aliphatic carbocycles. The molecule has 0 unspecified atom stereocenters. The zero-order valence-corrected chi connectivity index (χ0v) is 10.9. The Kier molecular flexibility index (Phi) is 4.36. The summed E-state index contributed by atoms with van der Waals surface area (Å²) in [6.07, 6.45) is 9.50. The number of hydrogen-bond donors (Lipinski definition) is 1. The van der Waals surface area contributed by atoms with Crippen molar-refractivity contribution in [2.75, 3.05) is 0 Å². The Morgan fingerprint density at radius 1 is 1.31 bits per heavy atom. The number of hydrogen-bond acceptors (Lipinski definition) is 3. The van der Waals surface area contributed by atoms with E-state index in [4.69, 9.17) is 5.11 Å². The van der Waals surface area contributed by atoms with Crippen LogP contribution in [-0.2, 0) is 13.0 Å². The van der Waals surface area contributed by atoms with Crippen molar-refractivity contribution in [1.29, 1.82) is 0 Å². The highest BCUT2D eigenvalue weighted by atomic mass is 32.1. The number of aromatic nitrogens is 1. The van der Waals surface area contributed by atoms with Gasteiger partial charge in [0.2, 0.25) is 0 Å². The second-order valence-corrected chi connectivity index (χ2v) is 5.99. The molecule has 1 aromatic heterocycles. The summed E-state index contributed by atoms with van der Waals surface area (Å²) in [7, 11) is 0. The predicted molar refractivity (Wildman–Crippen MR) is 67.7 cm³/mol. The highest BCUT2D eigenvalue weighted by molar-refractivity contribution is 7.11. The van der Waals surface area contributed by atoms with Crippen molar-refractivity contribution in [2.45, 2.75) is 58.5 Å². The second kappa shape index (κ2) is 5.78. The molecule has 1 fully saturated rings. The molecule has 1 saturated carbocycles. The van der Waals surface area contributed by atoms with E-state index >= 15 is 0 Å². The number of rotatable bonds is 4. The summed E-state index contributed by atoms with van der Waals surface area (Å²) >= 11 is 1.69. The molecule has 16 heavy (non-hydrogen) atoms. The summed E-state index contributed by atoms with van der Waals surface area (Å²) in [6.45, 7) is 2.14. The topological polar surface area (TPSA) is 33.1 Å². The zero-order chi connectivity index (χ0) is 11.4. The second-order valence-electron chi connectivity index (χ2n) is 4.82. The van der Waals surface area contributed by atoms with Gasteiger partial charge in [0.05, 0.1) is 22.2 Å². The van der Waals surface area contributed by atoms with Crippen molar-refractivity contribution >= 4 is 11.3 Å². The van der Waals surface area contributed by atoms with E-state index in [1.165, 1.54) is 43.5 Å². The first-order valence-corrected chi connectivity index (χ1v) is 7.17. The highest BCUT2D eigenvalue weighted by Crippen LogP contribution is 2.28. The molecule has 0 saturated heterocycles. The van der Waals surface area contributed by atoms with E-state index in [0.717, 1.165) is 22.9 Å². The van der Waals surface area contributed by atoms with Crippen LogP contribution < -0.4 is 0 Å². The van der Waals surface area contributed by atoms with Crippen molar-refractivity contribution in [1.82, 2.24) is 4.98 Å². The van der Waals surface area contributed by atoms with Gasteiger partial charge in [-0.05, 0) is 25.7 Å². The molecule has 1 aliphatic rings. The maximum Gasteiger partial charge on any atom is 0.0932 e. The largest absolute Gasteiger partial charge is 0.391 e. The van der Waals surface area contributed by atoms with Crippen LogP contribution in [0, 0.1) is 12.8 Å². The van der Waals surface area contributed by atoms with Crippen LogP contribution in [-0.4, -0.2) is 10.1 Å². The fraction of sp³-hybridized carbons (Fsp3) is 0.769. The summed E-state index contributed by atoms with van der Waals surface area (Å²) in [4.78, 5) is 5.56. The lowest BCUT2D eigenvalue weighted by atomic mass is 9.86. The third kappa shape index (κ3) is 3.05. The van der Waals surface area contributed by atoms with Gasteiger partial charge in [0, 0.05) is 0 Å². The van der Waals surface area contributed by atoms with Crippen LogP contribution in [0.1, 0.15) is 54.1 Å². The lowest BCUT2D eigenvalue weighted by Gasteiger charge is -2.20. The molecule has 0 amide bonds. The minimum absolute atomic E-state index is 0.146. The molecule has 1 N–H and O–H groups in total. The first-order chi connectivity index (χ1) is 7.79. The van der Waals surface area contributed by atoms with Crippen LogP contribution >= 0.6 is 11.3 Å². The van der Waals surface area contributed by atoms with Crippen molar-refractivity contribution in [3.05, 3.63) is 15.6 Å². The van der Waals surface area contributed by atoms with Gasteiger partial charge in [0.25, 0.3) is 0 Å². The Morgan fingerprint density at radius 2 is 2.06 bits per heavy atom. The number of nitrogens with zero attached hydrogens (tertiary/aromatic N) is 1. The fourth-order valence-corrected chi connectivity index (χ4v) is 3.49. The number of thiazole rings is 1. The van der Waals surface area contributed by atoms with Crippen LogP contribution in [0.3, 0.4) is 0 Å². The lowest BCUT2D eigenvalue weighted by Crippen LogP contribution is -2.07. The summed E-state index contributed by atoms with van der Waals surface area (Å²) in [6, 6.07) is 0. The molecular weight excluding hydrogens is 218 g/mol. The summed E-state index contributed by atoms with van der Waals surface area (Å²) in [5, 5.41) is 10.3. The Balaban J connectivity index is 1.83. The summed E-state index contributed by atoms with van der Waals surface area (Å²) < 4.78 is 0. The normalized spacial score (nSPS) is 17.9. The number of aliphatic hydroxyl groups is 1. The van der Waals surface area contributed by atoms with Gasteiger partial charge in [-0.1, -0.05) is 32.1 Å². The Morgan fingerprint density at radius 3 is 2.69 bits per heavy atom. The minimum Gasteiger partial charge on any atom is -0.391 e. The molecule has 1 heterocycles. The highest BCUT2D eigenvalue weighted by Gasteiger charge is 2.14. The van der Waals surface area contributed by atoms with E-state index in [2.05, 4.69) is 4.98 Å². The van der Waals surface area contributed by atoms with E-state index in [9.17, 15) is 0 Å². The smallest absolute Gasteiger partial charge is 0.0932 e. The van der Waals surface area contributed by atoms with E-state index in [0.29, 0.717) is 0 Å². The maximum absolute atomic E-state index is 9.12. The molecular formula is C13H21NOS. The quantitative estimate of drug-likeness (QED) is 0.873. The summed E-state index contributed by atoms with van der Waals surface area (Å²) in [5.74, 6) is 0.926. The molecule has 0 bridgehead atoms. The van der Waals surface area contributed by atoms with E-state index in [1.54, 1.807) is 11.3 Å². The molecule has 2 nitrogen and oxygen atoms in total. The lowest BCUT2D eigenvalue weighted by molar-refractivity contribution is 0.284. The molecule has 0 spiro atoms. The maximum atomic E-state index is 9.12. The number of aryl methyl sites for hydroxylation is 2. The summed E-state index contributed by atoms with van der Waals surface area (Å²) in [5.41, 5.74) is 1.02. The van der Waals surface area contributed by atoms with Gasteiger partial charge < -0.3 is 5.11 Å². The molecule has 1 aromatic rings. The Labute approximate surface area is 102 Å². The average molecular weight is 239 g/mol. The van der Waals surface area contributed by atoms with Crippen molar-refractivity contribution < 1.29 is 5.11 Å². The van der Waals surface area contributed by atoms with Crippen LogP contribution in [0.25, 0.3) is 0 Å². The van der Waals surface area contributed by atoms with Gasteiger partial charge in [0.1, 0.15) is 0 Å². The SMILES string of the molecule is Cc1nc(CCC2CCCCC2)sc1CO. The van der Waals surface area contributed by atoms with Gasteiger partial charge in [-0.2, -0.15) is 0 Å². The van der Waals surface area contributed by atoms with E-state index in [1.807, 2.05) is 6.92 Å². The van der Waals surface area contributed by atoms with Crippen LogP contribution in [0.4, 0.5) is 0 Å². The fourth-order valence-electron chi connectivity index (χ4n) is 2.55. The van der Waals surface area contributed by atoms with Gasteiger partial charge in [-0.15, -0.1) is 11.3 Å². The van der Waals surface area contributed by atoms with Gasteiger partial charge in [0.15, 0.2) is 0 Å². The minimum atomic E-state index is 0.146. The predicted octanol–water partition coefficient (Wildman–Crippen LogP) is 3.46. The standard InChI is InChI=1S/C13H21NOS/c1-10-12(9-15)16-13(14-10)8-7-11-5-3-2-4-6-11/h11,15H,2-9H2,1H3. The van der Waals surface area contributed by atoms with Crippen LogP contribution in [0.2, 0.25) is 0 Å². The van der Waals surface area contributed by atoms with Crippen molar-refractivity contribution in [3.8, 4) is 0 Å². The van der Waals surface area contributed by atoms with Crippen molar-refractivity contribution in [2.24, 2.45) is 5.92 Å². The van der Waals surface area contributed by atoms with Crippen LogP contribution in [0.15, 0.2) is 0 Å². The molecule has 0 aromatic carbocycles. The Bertz CT molecular complexity index is 329. The molecule has 2 rings (SSSR count). The first kappa shape index (κ1) is 12.1. The van der Waals surface area contributed by atoms with Crippen LogP contribution in [0.5, 0.6) is 0 Å². The Hall–Kier alpha value is -0.410. The van der Waals surface area contributed by atoms with Gasteiger partial charge in [-0.3, -0.25) is 0 Å². The van der Waals surface area contributed by atoms with E-state index in [-0.39, 0.29) is 6.61 Å². The molecule has 0 radical (unpaired) electrons. The van der Waals surface area contributed by atoms with Gasteiger partial charge >= 0.3 is 0 Å². The average Bonchev–Trinajstić information content (AvgIpc) is 2.69. The zero-order valence-electron chi connectivity index (χ0n) is 10.0. The monoisotopic (exact) mass is 239 g/mol. The molecule has 0 atom stereocenters. The third-order valence-electron chi connectivity index (χ3n) is 3.57. The molecule has 0 aliphatic heterocycles. The molecule has 3 heteroatoms.